The maximum Gasteiger partial charge on any atom is 0.337 e. The Bertz CT molecular complexity index is 422. The summed E-state index contributed by atoms with van der Waals surface area (Å²) in [6, 6.07) is 7.65. The Morgan fingerprint density at radius 1 is 1.40 bits per heavy atom. The first kappa shape index (κ1) is 17.0. The molecule has 2 N–H and O–H groups in total. The number of hydrogen-bond acceptors (Lipinski definition) is 4. The van der Waals surface area contributed by atoms with Crippen molar-refractivity contribution in [3.05, 3.63) is 35.4 Å². The van der Waals surface area contributed by atoms with Crippen LogP contribution < -0.4 is 5.73 Å². The van der Waals surface area contributed by atoms with Gasteiger partial charge in [-0.2, -0.15) is 0 Å². The average molecular weight is 299 g/mol. The van der Waals surface area contributed by atoms with Crippen molar-refractivity contribution in [2.75, 3.05) is 26.7 Å². The number of carbonyl (C=O) groups is 1. The lowest BCUT2D eigenvalue weighted by Crippen LogP contribution is -2.37. The lowest BCUT2D eigenvalue weighted by molar-refractivity contribution is 0.0600. The first-order chi connectivity index (χ1) is 9.22. The molecule has 1 aromatic rings. The predicted molar refractivity (Wildman–Crippen MR) is 82.1 cm³/mol. The third-order valence-corrected chi connectivity index (χ3v) is 3.72. The molecule has 2 rings (SSSR count). The van der Waals surface area contributed by atoms with Gasteiger partial charge in [0.1, 0.15) is 0 Å². The Labute approximate surface area is 126 Å². The van der Waals surface area contributed by atoms with E-state index in [-0.39, 0.29) is 18.4 Å². The number of halogens is 1. The van der Waals surface area contributed by atoms with E-state index >= 15 is 0 Å². The topological polar surface area (TPSA) is 55.6 Å². The van der Waals surface area contributed by atoms with E-state index in [1.807, 2.05) is 24.3 Å². The summed E-state index contributed by atoms with van der Waals surface area (Å²) in [6.45, 7) is 3.92. The average Bonchev–Trinajstić information content (AvgIpc) is 2.47. The van der Waals surface area contributed by atoms with Crippen LogP contribution >= 0.6 is 12.4 Å². The normalized spacial score (nSPS) is 19.2. The van der Waals surface area contributed by atoms with E-state index in [1.165, 1.54) is 25.5 Å². The second-order valence-corrected chi connectivity index (χ2v) is 5.17. The molecule has 0 aliphatic carbocycles. The summed E-state index contributed by atoms with van der Waals surface area (Å²) in [5, 5.41) is 0. The van der Waals surface area contributed by atoms with Crippen LogP contribution in [0.1, 0.15) is 28.8 Å². The van der Waals surface area contributed by atoms with Crippen LogP contribution in [0, 0.1) is 5.92 Å². The molecule has 1 saturated heterocycles. The lowest BCUT2D eigenvalue weighted by atomic mass is 9.98. The molecular formula is C15H23ClN2O2. The molecule has 1 aliphatic rings. The van der Waals surface area contributed by atoms with E-state index in [1.54, 1.807) is 0 Å². The van der Waals surface area contributed by atoms with Gasteiger partial charge < -0.3 is 10.5 Å². The molecule has 0 spiro atoms. The Hall–Kier alpha value is -1.10. The molecule has 0 saturated carbocycles. The second kappa shape index (κ2) is 8.25. The van der Waals surface area contributed by atoms with Gasteiger partial charge in [-0.3, -0.25) is 4.90 Å². The van der Waals surface area contributed by atoms with Gasteiger partial charge in [0, 0.05) is 13.1 Å². The van der Waals surface area contributed by atoms with Gasteiger partial charge in [0.25, 0.3) is 0 Å². The van der Waals surface area contributed by atoms with Gasteiger partial charge in [0.05, 0.1) is 12.7 Å². The molecule has 1 aliphatic heterocycles. The van der Waals surface area contributed by atoms with Crippen molar-refractivity contribution in [3.8, 4) is 0 Å². The van der Waals surface area contributed by atoms with E-state index in [4.69, 9.17) is 10.5 Å². The van der Waals surface area contributed by atoms with Crippen LogP contribution in [0.15, 0.2) is 24.3 Å². The molecule has 1 unspecified atom stereocenters. The van der Waals surface area contributed by atoms with Crippen molar-refractivity contribution in [3.63, 3.8) is 0 Å². The van der Waals surface area contributed by atoms with E-state index in [9.17, 15) is 4.79 Å². The molecular weight excluding hydrogens is 276 g/mol. The summed E-state index contributed by atoms with van der Waals surface area (Å²) < 4.78 is 4.69. The van der Waals surface area contributed by atoms with E-state index in [2.05, 4.69) is 4.90 Å². The summed E-state index contributed by atoms with van der Waals surface area (Å²) in [7, 11) is 1.40. The van der Waals surface area contributed by atoms with Crippen molar-refractivity contribution in [2.24, 2.45) is 11.7 Å². The number of esters is 1. The highest BCUT2D eigenvalue weighted by molar-refractivity contribution is 5.89. The molecule has 0 bridgehead atoms. The molecule has 4 nitrogen and oxygen atoms in total. The summed E-state index contributed by atoms with van der Waals surface area (Å²) in [6.07, 6.45) is 2.47. The van der Waals surface area contributed by atoms with Crippen LogP contribution in [-0.4, -0.2) is 37.6 Å². The van der Waals surface area contributed by atoms with Crippen molar-refractivity contribution in [2.45, 2.75) is 19.4 Å². The lowest BCUT2D eigenvalue weighted by Gasteiger charge is -2.32. The Morgan fingerprint density at radius 2 is 2.10 bits per heavy atom. The highest BCUT2D eigenvalue weighted by Crippen LogP contribution is 2.18. The zero-order valence-corrected chi connectivity index (χ0v) is 12.7. The fourth-order valence-electron chi connectivity index (χ4n) is 2.61. The van der Waals surface area contributed by atoms with E-state index in [0.29, 0.717) is 11.5 Å². The predicted octanol–water partition coefficient (Wildman–Crippen LogP) is 2.07. The number of likely N-dealkylation sites (tertiary alicyclic amines) is 1. The number of rotatable bonds is 4. The molecule has 1 fully saturated rings. The van der Waals surface area contributed by atoms with Crippen LogP contribution in [0.25, 0.3) is 0 Å². The summed E-state index contributed by atoms with van der Waals surface area (Å²) in [4.78, 5) is 13.8. The molecule has 1 heterocycles. The zero-order chi connectivity index (χ0) is 13.7. The van der Waals surface area contributed by atoms with Gasteiger partial charge in [-0.05, 0) is 49.5 Å². The van der Waals surface area contributed by atoms with Crippen molar-refractivity contribution >= 4 is 18.4 Å². The van der Waals surface area contributed by atoms with Crippen molar-refractivity contribution in [1.82, 2.24) is 4.90 Å². The number of hydrogen-bond donors (Lipinski definition) is 1. The monoisotopic (exact) mass is 298 g/mol. The number of nitrogens with two attached hydrogens (primary N) is 1. The molecule has 20 heavy (non-hydrogen) atoms. The fraction of sp³-hybridized carbons (Fsp3) is 0.533. The van der Waals surface area contributed by atoms with Gasteiger partial charge in [-0.1, -0.05) is 12.1 Å². The number of nitrogens with zero attached hydrogens (tertiary/aromatic N) is 1. The molecule has 1 aromatic carbocycles. The summed E-state index contributed by atoms with van der Waals surface area (Å²) in [5.74, 6) is 0.343. The largest absolute Gasteiger partial charge is 0.465 e. The molecule has 112 valence electrons. The van der Waals surface area contributed by atoms with Gasteiger partial charge >= 0.3 is 5.97 Å². The maximum atomic E-state index is 11.4. The number of benzene rings is 1. The number of methoxy groups -OCH3 is 1. The van der Waals surface area contributed by atoms with Crippen LogP contribution in [0.2, 0.25) is 0 Å². The molecule has 5 heteroatoms. The Kier molecular flexibility index (Phi) is 6.99. The van der Waals surface area contributed by atoms with Crippen molar-refractivity contribution < 1.29 is 9.53 Å². The third-order valence-electron chi connectivity index (χ3n) is 3.72. The summed E-state index contributed by atoms with van der Waals surface area (Å²) in [5.41, 5.74) is 7.58. The minimum absolute atomic E-state index is 0. The SMILES string of the molecule is COC(=O)c1ccc(CN2CCCC(CN)C2)cc1.Cl. The van der Waals surface area contributed by atoms with Gasteiger partial charge in [0.2, 0.25) is 0 Å². The first-order valence-electron chi connectivity index (χ1n) is 6.82. The maximum absolute atomic E-state index is 11.4. The number of piperidine rings is 1. The van der Waals surface area contributed by atoms with Crippen LogP contribution in [0.5, 0.6) is 0 Å². The van der Waals surface area contributed by atoms with E-state index in [0.717, 1.165) is 26.2 Å². The minimum Gasteiger partial charge on any atom is -0.465 e. The third kappa shape index (κ3) is 4.47. The van der Waals surface area contributed by atoms with Crippen LogP contribution in [0.3, 0.4) is 0 Å². The highest BCUT2D eigenvalue weighted by atomic mass is 35.5. The van der Waals surface area contributed by atoms with Crippen molar-refractivity contribution in [1.29, 1.82) is 0 Å². The van der Waals surface area contributed by atoms with Gasteiger partial charge in [0.15, 0.2) is 0 Å². The Morgan fingerprint density at radius 3 is 2.70 bits per heavy atom. The zero-order valence-electron chi connectivity index (χ0n) is 11.9. The fourth-order valence-corrected chi connectivity index (χ4v) is 2.61. The Balaban J connectivity index is 0.00000200. The highest BCUT2D eigenvalue weighted by Gasteiger charge is 2.18. The van der Waals surface area contributed by atoms with Crippen LogP contribution in [-0.2, 0) is 11.3 Å². The van der Waals surface area contributed by atoms with Gasteiger partial charge in [-0.15, -0.1) is 12.4 Å². The molecule has 0 radical (unpaired) electrons. The van der Waals surface area contributed by atoms with E-state index < -0.39 is 0 Å². The number of ether oxygens (including phenoxy) is 1. The van der Waals surface area contributed by atoms with Crippen LogP contribution in [0.4, 0.5) is 0 Å². The smallest absolute Gasteiger partial charge is 0.337 e. The minimum atomic E-state index is -0.285. The second-order valence-electron chi connectivity index (χ2n) is 5.17. The quantitative estimate of drug-likeness (QED) is 0.865. The standard InChI is InChI=1S/C15H22N2O2.ClH/c1-19-15(18)14-6-4-12(5-7-14)10-17-8-2-3-13(9-16)11-17;/h4-7,13H,2-3,8-11,16H2,1H3;1H. The molecule has 0 amide bonds. The molecule has 0 aromatic heterocycles. The van der Waals surface area contributed by atoms with Gasteiger partial charge in [-0.25, -0.2) is 4.79 Å². The number of carbonyl (C=O) groups excluding carboxylic acids is 1. The summed E-state index contributed by atoms with van der Waals surface area (Å²) >= 11 is 0. The first-order valence-corrected chi connectivity index (χ1v) is 6.82. The molecule has 1 atom stereocenters.